The lowest BCUT2D eigenvalue weighted by atomic mass is 10.0. The summed E-state index contributed by atoms with van der Waals surface area (Å²) < 4.78 is 7.76. The molecule has 3 aromatic heterocycles. The average molecular weight is 398 g/mol. The molecule has 2 aliphatic heterocycles. The van der Waals surface area contributed by atoms with E-state index in [-0.39, 0.29) is 0 Å². The van der Waals surface area contributed by atoms with Crippen molar-refractivity contribution in [2.45, 2.75) is 18.9 Å². The highest BCUT2D eigenvalue weighted by Gasteiger charge is 2.25. The number of piperidine rings is 1. The van der Waals surface area contributed by atoms with Crippen LogP contribution < -0.4 is 9.80 Å². The van der Waals surface area contributed by atoms with E-state index >= 15 is 0 Å². The first-order chi connectivity index (χ1) is 13.9. The zero-order valence-corrected chi connectivity index (χ0v) is 16.5. The standard InChI is InChI=1S/C19H23N7OS/c1-4-21-18(22-5-1)24-7-2-15(3-8-24)26-9-6-20-17(26)16-14-23-19(28-16)25-10-12-27-13-11-25/h1,4-6,9,14-15H,2-3,7-8,10-13H2. The summed E-state index contributed by atoms with van der Waals surface area (Å²) in [6.45, 7) is 5.26. The molecule has 0 radical (unpaired) electrons. The van der Waals surface area contributed by atoms with Gasteiger partial charge in [0.2, 0.25) is 5.95 Å². The van der Waals surface area contributed by atoms with E-state index < -0.39 is 0 Å². The molecule has 0 amide bonds. The molecule has 3 aromatic rings. The lowest BCUT2D eigenvalue weighted by Gasteiger charge is -2.33. The largest absolute Gasteiger partial charge is 0.378 e. The van der Waals surface area contributed by atoms with E-state index in [1.165, 1.54) is 0 Å². The van der Waals surface area contributed by atoms with E-state index in [9.17, 15) is 0 Å². The second kappa shape index (κ2) is 7.84. The zero-order valence-electron chi connectivity index (χ0n) is 15.6. The summed E-state index contributed by atoms with van der Waals surface area (Å²) in [7, 11) is 0. The highest BCUT2D eigenvalue weighted by atomic mass is 32.1. The molecule has 9 heteroatoms. The van der Waals surface area contributed by atoms with Crippen LogP contribution in [0.15, 0.2) is 37.1 Å². The van der Waals surface area contributed by atoms with Gasteiger partial charge in [0.15, 0.2) is 11.0 Å². The average Bonchev–Trinajstić information content (AvgIpc) is 3.45. The third-order valence-electron chi connectivity index (χ3n) is 5.36. The molecule has 8 nitrogen and oxygen atoms in total. The summed E-state index contributed by atoms with van der Waals surface area (Å²) in [4.78, 5) is 23.7. The normalized spacial score (nSPS) is 18.6. The molecule has 0 N–H and O–H groups in total. The molecular formula is C19H23N7OS. The maximum atomic E-state index is 5.45. The van der Waals surface area contributed by atoms with Crippen LogP contribution in [0.5, 0.6) is 0 Å². The van der Waals surface area contributed by atoms with Gasteiger partial charge in [0, 0.05) is 57.0 Å². The van der Waals surface area contributed by atoms with Crippen LogP contribution in [0.4, 0.5) is 11.1 Å². The summed E-state index contributed by atoms with van der Waals surface area (Å²) in [5.74, 6) is 1.84. The first-order valence-electron chi connectivity index (χ1n) is 9.72. The Hall–Kier alpha value is -2.52. The van der Waals surface area contributed by atoms with Crippen molar-refractivity contribution in [2.75, 3.05) is 49.2 Å². The Morgan fingerprint density at radius 2 is 1.68 bits per heavy atom. The van der Waals surface area contributed by atoms with E-state index in [1.54, 1.807) is 23.7 Å². The predicted octanol–water partition coefficient (Wildman–Crippen LogP) is 2.47. The fourth-order valence-corrected chi connectivity index (χ4v) is 4.83. The molecule has 0 aromatic carbocycles. The predicted molar refractivity (Wildman–Crippen MR) is 109 cm³/mol. The van der Waals surface area contributed by atoms with Crippen molar-refractivity contribution in [2.24, 2.45) is 0 Å². The molecule has 2 fully saturated rings. The van der Waals surface area contributed by atoms with Crippen LogP contribution in [0.2, 0.25) is 0 Å². The number of morpholine rings is 1. The fourth-order valence-electron chi connectivity index (χ4n) is 3.87. The van der Waals surface area contributed by atoms with E-state index in [0.29, 0.717) is 6.04 Å². The van der Waals surface area contributed by atoms with E-state index in [4.69, 9.17) is 4.74 Å². The van der Waals surface area contributed by atoms with Crippen LogP contribution in [-0.2, 0) is 4.74 Å². The van der Waals surface area contributed by atoms with Gasteiger partial charge in [-0.15, -0.1) is 0 Å². The minimum atomic E-state index is 0.436. The molecule has 0 aliphatic carbocycles. The quantitative estimate of drug-likeness (QED) is 0.670. The topological polar surface area (TPSA) is 72.2 Å². The summed E-state index contributed by atoms with van der Waals surface area (Å²) in [5.41, 5.74) is 0. The first kappa shape index (κ1) is 17.6. The highest BCUT2D eigenvalue weighted by Crippen LogP contribution is 2.34. The second-order valence-corrected chi connectivity index (χ2v) is 8.04. The van der Waals surface area contributed by atoms with Gasteiger partial charge in [-0.2, -0.15) is 0 Å². The Balaban J connectivity index is 1.30. The Morgan fingerprint density at radius 1 is 0.893 bits per heavy atom. The van der Waals surface area contributed by atoms with Gasteiger partial charge in [-0.1, -0.05) is 11.3 Å². The fraction of sp³-hybridized carbons (Fsp3) is 0.474. The molecule has 0 spiro atoms. The summed E-state index contributed by atoms with van der Waals surface area (Å²) >= 11 is 1.72. The van der Waals surface area contributed by atoms with Crippen LogP contribution in [0.1, 0.15) is 18.9 Å². The van der Waals surface area contributed by atoms with Gasteiger partial charge in [-0.25, -0.2) is 19.9 Å². The Morgan fingerprint density at radius 3 is 2.46 bits per heavy atom. The lowest BCUT2D eigenvalue weighted by Crippen LogP contribution is -2.36. The number of hydrogen-bond acceptors (Lipinski definition) is 8. The van der Waals surface area contributed by atoms with Crippen molar-refractivity contribution in [3.8, 4) is 10.7 Å². The van der Waals surface area contributed by atoms with E-state index in [0.717, 1.165) is 74.0 Å². The zero-order chi connectivity index (χ0) is 18.8. The summed E-state index contributed by atoms with van der Waals surface area (Å²) in [6.07, 6.45) is 11.7. The molecule has 5 heterocycles. The third kappa shape index (κ3) is 3.47. The van der Waals surface area contributed by atoms with Crippen LogP contribution in [-0.4, -0.2) is 63.9 Å². The van der Waals surface area contributed by atoms with Crippen LogP contribution in [0.3, 0.4) is 0 Å². The van der Waals surface area contributed by atoms with Crippen molar-refractivity contribution in [1.82, 2.24) is 24.5 Å². The minimum Gasteiger partial charge on any atom is -0.378 e. The number of nitrogens with zero attached hydrogens (tertiary/aromatic N) is 7. The number of imidazole rings is 1. The van der Waals surface area contributed by atoms with Gasteiger partial charge in [-0.3, -0.25) is 0 Å². The van der Waals surface area contributed by atoms with Crippen molar-refractivity contribution in [1.29, 1.82) is 0 Å². The van der Waals surface area contributed by atoms with E-state index in [1.807, 2.05) is 18.5 Å². The molecule has 28 heavy (non-hydrogen) atoms. The number of rotatable bonds is 4. The molecule has 0 bridgehead atoms. The van der Waals surface area contributed by atoms with E-state index in [2.05, 4.69) is 40.5 Å². The minimum absolute atomic E-state index is 0.436. The molecule has 146 valence electrons. The van der Waals surface area contributed by atoms with Gasteiger partial charge >= 0.3 is 0 Å². The molecule has 0 atom stereocenters. The Bertz CT molecular complexity index is 898. The molecule has 2 saturated heterocycles. The second-order valence-electron chi connectivity index (χ2n) is 7.03. The maximum Gasteiger partial charge on any atom is 0.225 e. The number of ether oxygens (including phenoxy) is 1. The molecule has 0 saturated carbocycles. The van der Waals surface area contributed by atoms with Crippen LogP contribution in [0, 0.1) is 0 Å². The van der Waals surface area contributed by atoms with Gasteiger partial charge in [0.25, 0.3) is 0 Å². The Labute approximate surface area is 167 Å². The number of thiazole rings is 1. The van der Waals surface area contributed by atoms with Gasteiger partial charge < -0.3 is 19.1 Å². The van der Waals surface area contributed by atoms with Gasteiger partial charge in [-0.05, 0) is 18.9 Å². The number of aromatic nitrogens is 5. The molecular weight excluding hydrogens is 374 g/mol. The Kier molecular flexibility index (Phi) is 4.92. The van der Waals surface area contributed by atoms with Crippen LogP contribution >= 0.6 is 11.3 Å². The molecule has 5 rings (SSSR count). The van der Waals surface area contributed by atoms with Crippen molar-refractivity contribution < 1.29 is 4.74 Å². The smallest absolute Gasteiger partial charge is 0.225 e. The van der Waals surface area contributed by atoms with Crippen molar-refractivity contribution in [3.05, 3.63) is 37.1 Å². The first-order valence-corrected chi connectivity index (χ1v) is 10.5. The molecule has 0 unspecified atom stereocenters. The molecule has 2 aliphatic rings. The lowest BCUT2D eigenvalue weighted by molar-refractivity contribution is 0.122. The van der Waals surface area contributed by atoms with Crippen molar-refractivity contribution in [3.63, 3.8) is 0 Å². The summed E-state index contributed by atoms with van der Waals surface area (Å²) in [6, 6.07) is 2.29. The van der Waals surface area contributed by atoms with Crippen molar-refractivity contribution >= 4 is 22.4 Å². The van der Waals surface area contributed by atoms with Gasteiger partial charge in [0.1, 0.15) is 0 Å². The highest BCUT2D eigenvalue weighted by molar-refractivity contribution is 7.18. The third-order valence-corrected chi connectivity index (χ3v) is 6.41. The monoisotopic (exact) mass is 397 g/mol. The maximum absolute atomic E-state index is 5.45. The number of anilines is 2. The SMILES string of the molecule is c1cnc(N2CCC(n3ccnc3-c3cnc(N4CCOCC4)s3)CC2)nc1. The number of hydrogen-bond donors (Lipinski definition) is 0. The van der Waals surface area contributed by atoms with Crippen LogP contribution in [0.25, 0.3) is 10.7 Å². The van der Waals surface area contributed by atoms with Gasteiger partial charge in [0.05, 0.1) is 24.3 Å². The summed E-state index contributed by atoms with van der Waals surface area (Å²) in [5, 5.41) is 1.06.